The van der Waals surface area contributed by atoms with Gasteiger partial charge in [-0.15, -0.1) is 0 Å². The third kappa shape index (κ3) is 4.23. The van der Waals surface area contributed by atoms with Crippen LogP contribution in [0, 0.1) is 0 Å². The van der Waals surface area contributed by atoms with Crippen molar-refractivity contribution in [3.8, 4) is 5.75 Å². The minimum Gasteiger partial charge on any atom is -0.494 e. The lowest BCUT2D eigenvalue weighted by atomic mass is 10.2. The summed E-state index contributed by atoms with van der Waals surface area (Å²) < 4.78 is 29.9. The minimum atomic E-state index is -3.07. The Balaban J connectivity index is 1.91. The van der Waals surface area contributed by atoms with Crippen LogP contribution in [0.3, 0.4) is 0 Å². The zero-order valence-corrected chi connectivity index (χ0v) is 16.7. The molecule has 0 radical (unpaired) electrons. The van der Waals surface area contributed by atoms with Crippen LogP contribution in [0.15, 0.2) is 29.3 Å². The van der Waals surface area contributed by atoms with Gasteiger partial charge in [0.2, 0.25) is 5.91 Å². The average molecular weight is 397 g/mol. The quantitative estimate of drug-likeness (QED) is 0.688. The monoisotopic (exact) mass is 396 g/mol. The minimum absolute atomic E-state index is 0.0882. The molecule has 0 aliphatic carbocycles. The number of hydrogen-bond donors (Lipinski definition) is 0. The van der Waals surface area contributed by atoms with E-state index in [0.717, 1.165) is 24.3 Å². The lowest BCUT2D eigenvalue weighted by Gasteiger charge is -2.25. The van der Waals surface area contributed by atoms with Crippen molar-refractivity contribution >= 4 is 38.4 Å². The highest BCUT2D eigenvalue weighted by molar-refractivity contribution is 8.16. The van der Waals surface area contributed by atoms with E-state index >= 15 is 0 Å². The van der Waals surface area contributed by atoms with Gasteiger partial charge in [-0.1, -0.05) is 38.1 Å². The first-order valence-corrected chi connectivity index (χ1v) is 11.6. The van der Waals surface area contributed by atoms with Crippen LogP contribution in [0.1, 0.15) is 33.1 Å². The molecule has 0 saturated carbocycles. The van der Waals surface area contributed by atoms with Crippen LogP contribution in [0.5, 0.6) is 5.75 Å². The molecule has 2 aliphatic rings. The normalized spacial score (nSPS) is 25.5. The van der Waals surface area contributed by atoms with Crippen molar-refractivity contribution in [1.82, 2.24) is 0 Å². The Morgan fingerprint density at radius 2 is 2.15 bits per heavy atom. The van der Waals surface area contributed by atoms with Gasteiger partial charge >= 0.3 is 0 Å². The standard InChI is InChI=1S/C18H24N2O4S2/c1-3-5-9-24-14-8-6-7-13(10-14)20-15-11-26(22,23)12-16(15)25-18(20)19-17(21)4-2/h6-8,10,15-16H,3-5,9,11-12H2,1-2H3/t15-,16+/m0/s1. The predicted molar refractivity (Wildman–Crippen MR) is 106 cm³/mol. The predicted octanol–water partition coefficient (Wildman–Crippen LogP) is 2.88. The summed E-state index contributed by atoms with van der Waals surface area (Å²) in [6, 6.07) is 7.39. The van der Waals surface area contributed by atoms with E-state index in [2.05, 4.69) is 11.9 Å². The van der Waals surface area contributed by atoms with E-state index < -0.39 is 9.84 Å². The summed E-state index contributed by atoms with van der Waals surface area (Å²) in [7, 11) is -3.07. The molecule has 1 aromatic rings. The maximum atomic E-state index is 12.1. The number of carbonyl (C=O) groups is 1. The molecule has 2 atom stereocenters. The molecule has 2 aliphatic heterocycles. The van der Waals surface area contributed by atoms with Gasteiger partial charge in [0.25, 0.3) is 0 Å². The van der Waals surface area contributed by atoms with Gasteiger partial charge in [0.1, 0.15) is 5.75 Å². The van der Waals surface area contributed by atoms with E-state index in [1.807, 2.05) is 29.2 Å². The molecule has 0 bridgehead atoms. The average Bonchev–Trinajstić information content (AvgIpc) is 3.06. The van der Waals surface area contributed by atoms with Crippen LogP contribution in [0.2, 0.25) is 0 Å². The molecular weight excluding hydrogens is 372 g/mol. The third-order valence-electron chi connectivity index (χ3n) is 4.45. The van der Waals surface area contributed by atoms with Crippen LogP contribution < -0.4 is 9.64 Å². The van der Waals surface area contributed by atoms with Crippen molar-refractivity contribution in [1.29, 1.82) is 0 Å². The molecule has 6 nitrogen and oxygen atoms in total. The summed E-state index contributed by atoms with van der Waals surface area (Å²) in [4.78, 5) is 18.0. The van der Waals surface area contributed by atoms with E-state index in [4.69, 9.17) is 4.74 Å². The molecule has 2 heterocycles. The second-order valence-electron chi connectivity index (χ2n) is 6.51. The Labute approximate surface area is 158 Å². The van der Waals surface area contributed by atoms with E-state index in [-0.39, 0.29) is 28.7 Å². The van der Waals surface area contributed by atoms with Gasteiger partial charge in [-0.25, -0.2) is 8.42 Å². The summed E-state index contributed by atoms with van der Waals surface area (Å²) in [6.07, 6.45) is 2.36. The number of amidine groups is 1. The van der Waals surface area contributed by atoms with Crippen LogP contribution in [-0.2, 0) is 14.6 Å². The molecule has 8 heteroatoms. The Kier molecular flexibility index (Phi) is 5.92. The molecule has 142 valence electrons. The van der Waals surface area contributed by atoms with Gasteiger partial charge in [0.05, 0.1) is 24.2 Å². The molecule has 0 spiro atoms. The molecule has 1 aromatic carbocycles. The zero-order chi connectivity index (χ0) is 18.7. The number of anilines is 1. The molecular formula is C18H24N2O4S2. The summed E-state index contributed by atoms with van der Waals surface area (Å²) in [5, 5.41) is 0.500. The topological polar surface area (TPSA) is 76.0 Å². The smallest absolute Gasteiger partial charge is 0.247 e. The first-order chi connectivity index (χ1) is 12.4. The van der Waals surface area contributed by atoms with Crippen LogP contribution in [0.25, 0.3) is 0 Å². The van der Waals surface area contributed by atoms with Crippen molar-refractivity contribution in [2.24, 2.45) is 4.99 Å². The summed E-state index contributed by atoms with van der Waals surface area (Å²) >= 11 is 1.39. The van der Waals surface area contributed by atoms with Crippen LogP contribution in [-0.4, -0.2) is 48.9 Å². The third-order valence-corrected chi connectivity index (χ3v) is 7.66. The summed E-state index contributed by atoms with van der Waals surface area (Å²) in [5.74, 6) is 0.762. The second-order valence-corrected chi connectivity index (χ2v) is 9.87. The highest BCUT2D eigenvalue weighted by Crippen LogP contribution is 2.41. The maximum absolute atomic E-state index is 12.1. The van der Waals surface area contributed by atoms with Gasteiger partial charge in [0, 0.05) is 23.4 Å². The number of sulfone groups is 1. The van der Waals surface area contributed by atoms with Gasteiger partial charge in [-0.2, -0.15) is 4.99 Å². The highest BCUT2D eigenvalue weighted by atomic mass is 32.2. The number of benzene rings is 1. The number of hydrogen-bond acceptors (Lipinski definition) is 5. The van der Waals surface area contributed by atoms with Crippen LogP contribution >= 0.6 is 11.8 Å². The molecule has 2 saturated heterocycles. The molecule has 26 heavy (non-hydrogen) atoms. The van der Waals surface area contributed by atoms with E-state index in [0.29, 0.717) is 18.2 Å². The van der Waals surface area contributed by atoms with E-state index in [1.54, 1.807) is 6.92 Å². The largest absolute Gasteiger partial charge is 0.494 e. The van der Waals surface area contributed by atoms with Gasteiger partial charge in [-0.05, 0) is 18.6 Å². The van der Waals surface area contributed by atoms with Gasteiger partial charge in [-0.3, -0.25) is 4.79 Å². The highest BCUT2D eigenvalue weighted by Gasteiger charge is 2.49. The molecule has 0 N–H and O–H groups in total. The first-order valence-electron chi connectivity index (χ1n) is 8.94. The fraction of sp³-hybridized carbons (Fsp3) is 0.556. The Bertz CT molecular complexity index is 807. The molecule has 2 fully saturated rings. The van der Waals surface area contributed by atoms with Crippen molar-refractivity contribution in [3.63, 3.8) is 0 Å². The number of thioether (sulfide) groups is 1. The summed E-state index contributed by atoms with van der Waals surface area (Å²) in [6.45, 7) is 4.52. The Morgan fingerprint density at radius 3 is 2.88 bits per heavy atom. The van der Waals surface area contributed by atoms with Crippen LogP contribution in [0.4, 0.5) is 5.69 Å². The summed E-state index contributed by atoms with van der Waals surface area (Å²) in [5.41, 5.74) is 0.818. The number of rotatable bonds is 6. The van der Waals surface area contributed by atoms with Crippen molar-refractivity contribution < 1.29 is 17.9 Å². The number of aliphatic imine (C=N–C) groups is 1. The second kappa shape index (κ2) is 8.00. The van der Waals surface area contributed by atoms with Crippen molar-refractivity contribution in [2.45, 2.75) is 44.4 Å². The van der Waals surface area contributed by atoms with E-state index in [1.165, 1.54) is 11.8 Å². The Hall–Kier alpha value is -1.54. The van der Waals surface area contributed by atoms with Crippen molar-refractivity contribution in [2.75, 3.05) is 23.0 Å². The number of ether oxygens (including phenoxy) is 1. The number of nitrogens with zero attached hydrogens (tertiary/aromatic N) is 2. The number of fused-ring (bicyclic) bond motifs is 1. The lowest BCUT2D eigenvalue weighted by molar-refractivity contribution is -0.117. The van der Waals surface area contributed by atoms with E-state index in [9.17, 15) is 13.2 Å². The molecule has 0 aromatic heterocycles. The fourth-order valence-electron chi connectivity index (χ4n) is 3.11. The van der Waals surface area contributed by atoms with Gasteiger partial charge in [0.15, 0.2) is 15.0 Å². The number of amides is 1. The SMILES string of the molecule is CCCCOc1cccc(N2C(=NC(=O)CC)S[C@@H]3CS(=O)(=O)C[C@@H]32)c1. The molecule has 1 amide bonds. The first kappa shape index (κ1) is 19.2. The van der Waals surface area contributed by atoms with Crippen molar-refractivity contribution in [3.05, 3.63) is 24.3 Å². The maximum Gasteiger partial charge on any atom is 0.247 e. The lowest BCUT2D eigenvalue weighted by Crippen LogP contribution is -2.37. The Morgan fingerprint density at radius 1 is 1.35 bits per heavy atom. The fourth-order valence-corrected chi connectivity index (χ4v) is 7.04. The molecule has 3 rings (SSSR count). The zero-order valence-electron chi connectivity index (χ0n) is 15.1. The molecule has 0 unspecified atom stereocenters. The van der Waals surface area contributed by atoms with Gasteiger partial charge < -0.3 is 9.64 Å². The number of carbonyl (C=O) groups excluding carboxylic acids is 1. The number of unbranched alkanes of at least 4 members (excludes halogenated alkanes) is 1.